The molecule has 0 saturated carbocycles. The molecule has 78 heavy (non-hydrogen) atoms. The van der Waals surface area contributed by atoms with Crippen LogP contribution in [0.15, 0.2) is 54.2 Å². The van der Waals surface area contributed by atoms with Crippen molar-refractivity contribution in [2.24, 2.45) is 22.0 Å². The van der Waals surface area contributed by atoms with Crippen LogP contribution >= 0.6 is 0 Å². The van der Waals surface area contributed by atoms with Gasteiger partial charge in [0.25, 0.3) is 0 Å². The number of carbonyl (C=O) groups excluding carboxylic acids is 5. The highest BCUT2D eigenvalue weighted by Crippen LogP contribution is 2.55. The van der Waals surface area contributed by atoms with E-state index in [1.54, 1.807) is 19.9 Å². The number of nitrogens with two attached hydrogens (primary N) is 1. The van der Waals surface area contributed by atoms with Crippen LogP contribution < -0.4 is 21.1 Å². The van der Waals surface area contributed by atoms with Gasteiger partial charge in [-0.1, -0.05) is 36.8 Å². The first kappa shape index (κ1) is 65.2. The van der Waals surface area contributed by atoms with Gasteiger partial charge in [0.05, 0.1) is 68.0 Å². The van der Waals surface area contributed by atoms with Crippen LogP contribution in [0, 0.1) is 16.2 Å². The van der Waals surface area contributed by atoms with Crippen molar-refractivity contribution in [3.8, 4) is 5.75 Å². The number of aliphatic hydroxyl groups excluding tert-OH is 4. The molecule has 1 aromatic rings. The fourth-order valence-corrected chi connectivity index (χ4v) is 9.39. The van der Waals surface area contributed by atoms with Gasteiger partial charge >= 0.3 is 23.9 Å². The molecule has 438 valence electrons. The van der Waals surface area contributed by atoms with E-state index in [1.165, 1.54) is 18.2 Å². The van der Waals surface area contributed by atoms with E-state index in [0.717, 1.165) is 23.8 Å². The average Bonchev–Trinajstić information content (AvgIpc) is 3.53. The lowest BCUT2D eigenvalue weighted by Gasteiger charge is -2.51. The van der Waals surface area contributed by atoms with Gasteiger partial charge in [-0.05, 0) is 117 Å². The third-order valence-corrected chi connectivity index (χ3v) is 14.5. The van der Waals surface area contributed by atoms with E-state index in [1.807, 2.05) is 40.7 Å². The van der Waals surface area contributed by atoms with Crippen molar-refractivity contribution < 1.29 is 92.2 Å². The van der Waals surface area contributed by atoms with Crippen molar-refractivity contribution in [3.63, 3.8) is 0 Å². The maximum atomic E-state index is 14.0. The molecule has 9 N–H and O–H groups in total. The zero-order valence-electron chi connectivity index (χ0n) is 46.3. The number of hydrogen-bond donors (Lipinski definition) is 8. The number of aliphatic hydroxyl groups is 4. The molecule has 0 bridgehead atoms. The minimum Gasteiger partial charge on any atom is -0.478 e. The number of esters is 3. The first-order valence-electron chi connectivity index (χ1n) is 26.8. The zero-order valence-corrected chi connectivity index (χ0v) is 46.3. The number of carboxylic acid groups (broad SMARTS) is 1. The highest BCUT2D eigenvalue weighted by molar-refractivity contribution is 5.96. The molecule has 22 nitrogen and oxygen atoms in total. The average molecular weight is 1100 g/mol. The number of anilines is 1. The Morgan fingerprint density at radius 2 is 1.69 bits per heavy atom. The second kappa shape index (κ2) is 30.9. The second-order valence-corrected chi connectivity index (χ2v) is 22.0. The lowest BCUT2D eigenvalue weighted by Crippen LogP contribution is -2.55. The predicted molar refractivity (Wildman–Crippen MR) is 283 cm³/mol. The molecule has 2 amide bonds. The number of benzene rings is 1. The molecule has 9 atom stereocenters. The summed E-state index contributed by atoms with van der Waals surface area (Å²) in [5, 5.41) is 55.6. The first-order chi connectivity index (χ1) is 36.9. The van der Waals surface area contributed by atoms with Crippen LogP contribution in [-0.2, 0) is 68.5 Å². The molecule has 2 fully saturated rings. The predicted octanol–water partition coefficient (Wildman–Crippen LogP) is 4.07. The number of rotatable bonds is 31. The van der Waals surface area contributed by atoms with E-state index >= 15 is 0 Å². The van der Waals surface area contributed by atoms with Gasteiger partial charge in [0, 0.05) is 48.9 Å². The van der Waals surface area contributed by atoms with Gasteiger partial charge in [0.1, 0.15) is 37.2 Å². The molecule has 8 unspecified atom stereocenters. The van der Waals surface area contributed by atoms with Gasteiger partial charge in [0.15, 0.2) is 0 Å². The number of aliphatic carboxylic acids is 1. The Kier molecular flexibility index (Phi) is 25.8. The lowest BCUT2D eigenvalue weighted by molar-refractivity contribution is -0.229. The maximum absolute atomic E-state index is 14.0. The normalized spacial score (nSPS) is 25.1. The van der Waals surface area contributed by atoms with Gasteiger partial charge in [-0.15, -0.1) is 0 Å². The SMILES string of the molecule is CC1=CC2OC(C)CCC(C)(CO)[C@@]2(COC(=O)C(CCCOC(=O)/C=C/C=C\C(=O)O)NC(=O)CCCC(=O)OCc2ccc(OC3CC(O)C(O)C(CO)O3)c(NC(=O)C(C)(C)COCCOC(C)(C)CCN)c2)CC1. The number of ether oxygens (including phenoxy) is 8. The highest BCUT2D eigenvalue weighted by Gasteiger charge is 2.56. The quantitative estimate of drug-likeness (QED) is 0.0130. The molecule has 2 saturated heterocycles. The van der Waals surface area contributed by atoms with Gasteiger partial charge in [-0.25, -0.2) is 14.4 Å². The summed E-state index contributed by atoms with van der Waals surface area (Å²) >= 11 is 0. The third kappa shape index (κ3) is 20.1. The molecule has 0 spiro atoms. The van der Waals surface area contributed by atoms with Gasteiger partial charge in [-0.3, -0.25) is 14.4 Å². The minimum atomic E-state index is -1.35. The Labute approximate surface area is 457 Å². The Hall–Kier alpha value is -5.30. The van der Waals surface area contributed by atoms with Crippen molar-refractivity contribution in [2.75, 3.05) is 58.1 Å². The number of carbonyl (C=O) groups is 6. The van der Waals surface area contributed by atoms with Crippen molar-refractivity contribution >= 4 is 41.4 Å². The standard InChI is InChI=1S/C56H85N3O19/c1-36-19-22-56(44(28-36)76-37(2)20-21-55(56,7)33-61)35-74-51(69)39(12-11-25-72-47(66)15-9-8-14-46(64)65)58-45(63)13-10-16-48(67)73-32-38-17-18-42(77-49-30-41(62)50(68)43(31-60)78-49)40(29-38)59-52(70)53(3,4)34-71-26-27-75-54(5,6)23-24-57/h8-9,14-15,17-18,28-29,37,39,41,43-44,49-50,60-62,68H,10-13,16,19-27,30-35,57H2,1-7H3,(H,58,63)(H,59,70)(H,64,65)/b14-8-,15-9+/t37?,39?,41?,43?,44?,49?,50?,55?,56-/m1/s1. The van der Waals surface area contributed by atoms with Crippen LogP contribution in [0.2, 0.25) is 0 Å². The molecule has 2 aliphatic heterocycles. The Bertz CT molecular complexity index is 2250. The number of fused-ring (bicyclic) bond motifs is 1. The van der Waals surface area contributed by atoms with Crippen molar-refractivity contribution in [1.29, 1.82) is 0 Å². The summed E-state index contributed by atoms with van der Waals surface area (Å²) in [5.41, 5.74) is 4.47. The molecule has 22 heteroatoms. The molecule has 1 aliphatic carbocycles. The van der Waals surface area contributed by atoms with E-state index in [-0.39, 0.29) is 102 Å². The lowest BCUT2D eigenvalue weighted by atomic mass is 9.56. The summed E-state index contributed by atoms with van der Waals surface area (Å²) in [6.07, 6.45) is 3.83. The van der Waals surface area contributed by atoms with Crippen LogP contribution in [0.4, 0.5) is 5.69 Å². The van der Waals surface area contributed by atoms with Crippen molar-refractivity contribution in [1.82, 2.24) is 5.32 Å². The molecular formula is C56H85N3O19. The van der Waals surface area contributed by atoms with Gasteiger partial charge in [0.2, 0.25) is 18.1 Å². The van der Waals surface area contributed by atoms with E-state index in [2.05, 4.69) is 10.6 Å². The summed E-state index contributed by atoms with van der Waals surface area (Å²) in [4.78, 5) is 77.3. The fraction of sp³-hybridized carbons (Fsp3) is 0.679. The summed E-state index contributed by atoms with van der Waals surface area (Å²) in [5.74, 6) is -4.22. The molecule has 1 aromatic carbocycles. The molecule has 3 aliphatic rings. The topological polar surface area (TPSA) is 327 Å². The smallest absolute Gasteiger partial charge is 0.330 e. The van der Waals surface area contributed by atoms with Crippen LogP contribution in [0.3, 0.4) is 0 Å². The van der Waals surface area contributed by atoms with Crippen molar-refractivity contribution in [2.45, 2.75) is 174 Å². The number of allylic oxidation sites excluding steroid dienone is 3. The second-order valence-electron chi connectivity index (χ2n) is 22.0. The van der Waals surface area contributed by atoms with E-state index in [4.69, 9.17) is 48.7 Å². The third-order valence-electron chi connectivity index (χ3n) is 14.5. The summed E-state index contributed by atoms with van der Waals surface area (Å²) in [6.45, 7) is 13.0. The van der Waals surface area contributed by atoms with E-state index < -0.39 is 101 Å². The monoisotopic (exact) mass is 1100 g/mol. The van der Waals surface area contributed by atoms with E-state index in [9.17, 15) is 49.2 Å². The number of hydrogen-bond acceptors (Lipinski definition) is 19. The largest absolute Gasteiger partial charge is 0.478 e. The van der Waals surface area contributed by atoms with Crippen LogP contribution in [0.5, 0.6) is 5.75 Å². The zero-order chi connectivity index (χ0) is 57.7. The number of carboxylic acids is 1. The van der Waals surface area contributed by atoms with Crippen LogP contribution in [-0.4, -0.2) is 162 Å². The van der Waals surface area contributed by atoms with Gasteiger partial charge in [-0.2, -0.15) is 0 Å². The number of nitrogens with one attached hydrogen (secondary N) is 2. The fourth-order valence-electron chi connectivity index (χ4n) is 9.39. The molecule has 0 aromatic heterocycles. The Morgan fingerprint density at radius 3 is 2.40 bits per heavy atom. The van der Waals surface area contributed by atoms with Gasteiger partial charge < -0.3 is 79.8 Å². The van der Waals surface area contributed by atoms with Crippen molar-refractivity contribution in [3.05, 3.63) is 59.7 Å². The molecule has 2 heterocycles. The van der Waals surface area contributed by atoms with E-state index in [0.29, 0.717) is 44.2 Å². The van der Waals surface area contributed by atoms with Crippen LogP contribution in [0.25, 0.3) is 0 Å². The summed E-state index contributed by atoms with van der Waals surface area (Å²) < 4.78 is 46.7. The Morgan fingerprint density at radius 1 is 0.949 bits per heavy atom. The summed E-state index contributed by atoms with van der Waals surface area (Å²) in [7, 11) is 0. The molecular weight excluding hydrogens is 1020 g/mol. The molecule has 0 radical (unpaired) electrons. The minimum absolute atomic E-state index is 0.00621. The molecule has 4 rings (SSSR count). The summed E-state index contributed by atoms with van der Waals surface area (Å²) in [6, 6.07) is 3.44. The number of amides is 2. The highest BCUT2D eigenvalue weighted by atomic mass is 16.7. The first-order valence-corrected chi connectivity index (χ1v) is 26.8. The maximum Gasteiger partial charge on any atom is 0.330 e. The Balaban J connectivity index is 1.40. The van der Waals surface area contributed by atoms with Crippen LogP contribution in [0.1, 0.15) is 125 Å².